The van der Waals surface area contributed by atoms with Gasteiger partial charge in [-0.1, -0.05) is 32.4 Å². The lowest BCUT2D eigenvalue weighted by Gasteiger charge is -2.28. The van der Waals surface area contributed by atoms with Crippen molar-refractivity contribution in [3.63, 3.8) is 0 Å². The second-order valence-electron chi connectivity index (χ2n) is 9.48. The maximum Gasteiger partial charge on any atom is 0.255 e. The van der Waals surface area contributed by atoms with Gasteiger partial charge in [-0.2, -0.15) is 0 Å². The minimum atomic E-state index is -1.16. The molecule has 0 radical (unpaired) electrons. The van der Waals surface area contributed by atoms with E-state index in [1.165, 1.54) is 6.92 Å². The molecule has 11 nitrogen and oxygen atoms in total. The molecule has 37 heavy (non-hydrogen) atoms. The lowest BCUT2D eigenvalue weighted by molar-refractivity contribution is -0.137. The summed E-state index contributed by atoms with van der Waals surface area (Å²) in [6.45, 7) is 7.20. The highest BCUT2D eigenvalue weighted by Crippen LogP contribution is 2.19. The highest BCUT2D eigenvalue weighted by molar-refractivity contribution is 6.01. The van der Waals surface area contributed by atoms with Crippen LogP contribution in [-0.4, -0.2) is 90.8 Å². The van der Waals surface area contributed by atoms with Gasteiger partial charge >= 0.3 is 0 Å². The minimum Gasteiger partial charge on any atom is -0.491 e. The molecule has 2 aliphatic rings. The molecule has 1 aromatic carbocycles. The predicted molar refractivity (Wildman–Crippen MR) is 136 cm³/mol. The van der Waals surface area contributed by atoms with Crippen molar-refractivity contribution in [2.24, 2.45) is 5.92 Å². The summed E-state index contributed by atoms with van der Waals surface area (Å²) in [5.41, 5.74) is 0.222. The zero-order valence-electron chi connectivity index (χ0n) is 21.7. The van der Waals surface area contributed by atoms with E-state index in [9.17, 15) is 24.0 Å². The van der Waals surface area contributed by atoms with E-state index in [1.54, 1.807) is 34.1 Å². The third kappa shape index (κ3) is 7.43. The first-order valence-electron chi connectivity index (χ1n) is 12.8. The molecule has 0 unspecified atom stereocenters. The third-order valence-corrected chi connectivity index (χ3v) is 6.85. The summed E-state index contributed by atoms with van der Waals surface area (Å²) in [6, 6.07) is 4.67. The number of benzene rings is 1. The van der Waals surface area contributed by atoms with Gasteiger partial charge in [0.2, 0.25) is 23.6 Å². The van der Waals surface area contributed by atoms with Crippen LogP contribution >= 0.6 is 0 Å². The quantitative estimate of drug-likeness (QED) is 0.530. The van der Waals surface area contributed by atoms with Gasteiger partial charge in [0.25, 0.3) is 5.91 Å². The molecule has 3 atom stereocenters. The summed E-state index contributed by atoms with van der Waals surface area (Å²) >= 11 is 0. The average Bonchev–Trinajstić information content (AvgIpc) is 3.14. The number of nitrogens with zero attached hydrogens (tertiary/aromatic N) is 2. The normalized spacial score (nSPS) is 22.7. The van der Waals surface area contributed by atoms with Gasteiger partial charge in [-0.05, 0) is 24.5 Å². The van der Waals surface area contributed by atoms with E-state index in [0.717, 1.165) is 0 Å². The third-order valence-electron chi connectivity index (χ3n) is 6.85. The molecule has 202 valence electrons. The Balaban J connectivity index is 1.89. The van der Waals surface area contributed by atoms with Crippen molar-refractivity contribution in [2.75, 3.05) is 39.3 Å². The van der Waals surface area contributed by atoms with Crippen LogP contribution < -0.4 is 20.7 Å². The van der Waals surface area contributed by atoms with Gasteiger partial charge in [0.05, 0.1) is 18.5 Å². The van der Waals surface area contributed by atoms with Crippen molar-refractivity contribution >= 4 is 29.5 Å². The smallest absolute Gasteiger partial charge is 0.255 e. The second-order valence-corrected chi connectivity index (χ2v) is 9.48. The summed E-state index contributed by atoms with van der Waals surface area (Å²) in [4.78, 5) is 67.8. The molecule has 0 aliphatic carbocycles. The second kappa shape index (κ2) is 13.1. The fraction of sp³-hybridized carbons (Fsp3) is 0.577. The van der Waals surface area contributed by atoms with Crippen molar-refractivity contribution < 1.29 is 28.7 Å². The number of hydrogen-bond acceptors (Lipinski definition) is 6. The summed E-state index contributed by atoms with van der Waals surface area (Å²) < 4.78 is 5.76. The average molecular weight is 516 g/mol. The zero-order chi connectivity index (χ0) is 26.9. The van der Waals surface area contributed by atoms with Crippen LogP contribution in [0, 0.1) is 5.92 Å². The first kappa shape index (κ1) is 27.9. The lowest BCUT2D eigenvalue weighted by atomic mass is 9.97. The van der Waals surface area contributed by atoms with Crippen LogP contribution in [0.15, 0.2) is 24.3 Å². The molecule has 1 aromatic rings. The Bertz CT molecular complexity index is 1010. The van der Waals surface area contributed by atoms with Gasteiger partial charge in [0.1, 0.15) is 24.4 Å². The molecule has 0 bridgehead atoms. The van der Waals surface area contributed by atoms with Crippen LogP contribution in [0.1, 0.15) is 50.4 Å². The first-order chi connectivity index (χ1) is 17.7. The molecule has 2 aliphatic heterocycles. The van der Waals surface area contributed by atoms with Crippen LogP contribution in [0.3, 0.4) is 0 Å². The summed E-state index contributed by atoms with van der Waals surface area (Å²) in [7, 11) is 0. The number of rotatable bonds is 3. The SMILES string of the molecule is CC[C@H](C)[C@@H]1NC(=O)C[C@@H](C(=O)N2CCCN(C(C)=O)CC2)NC(=O)c2ccccc2OCCNC1=O. The van der Waals surface area contributed by atoms with Gasteiger partial charge in [-0.3, -0.25) is 24.0 Å². The van der Waals surface area contributed by atoms with Gasteiger partial charge in [-0.25, -0.2) is 0 Å². The van der Waals surface area contributed by atoms with E-state index in [1.807, 2.05) is 13.8 Å². The fourth-order valence-electron chi connectivity index (χ4n) is 4.45. The molecule has 3 N–H and O–H groups in total. The maximum atomic E-state index is 13.6. The van der Waals surface area contributed by atoms with E-state index in [4.69, 9.17) is 4.74 Å². The number of amides is 5. The Labute approximate surface area is 217 Å². The molecule has 11 heteroatoms. The molecule has 0 aromatic heterocycles. The molecule has 3 rings (SSSR count). The van der Waals surface area contributed by atoms with Crippen LogP contribution in [0.2, 0.25) is 0 Å². The number of nitrogens with one attached hydrogen (secondary N) is 3. The molecular weight excluding hydrogens is 478 g/mol. The van der Waals surface area contributed by atoms with E-state index < -0.39 is 29.8 Å². The molecule has 1 saturated heterocycles. The van der Waals surface area contributed by atoms with Crippen molar-refractivity contribution in [3.8, 4) is 5.75 Å². The van der Waals surface area contributed by atoms with Crippen molar-refractivity contribution in [3.05, 3.63) is 29.8 Å². The number of fused-ring (bicyclic) bond motifs is 1. The summed E-state index contributed by atoms with van der Waals surface area (Å²) in [6.07, 6.45) is 0.910. The molecule has 0 spiro atoms. The van der Waals surface area contributed by atoms with Gasteiger partial charge in [0, 0.05) is 33.1 Å². The highest BCUT2D eigenvalue weighted by atomic mass is 16.5. The number of ether oxygens (including phenoxy) is 1. The fourth-order valence-corrected chi connectivity index (χ4v) is 4.45. The number of carbonyl (C=O) groups is 5. The Hall–Kier alpha value is -3.63. The highest BCUT2D eigenvalue weighted by Gasteiger charge is 2.33. The van der Waals surface area contributed by atoms with E-state index in [-0.39, 0.29) is 42.9 Å². The van der Waals surface area contributed by atoms with Gasteiger partial charge in [-0.15, -0.1) is 0 Å². The monoisotopic (exact) mass is 515 g/mol. The topological polar surface area (TPSA) is 137 Å². The lowest BCUT2D eigenvalue weighted by Crippen LogP contribution is -2.55. The van der Waals surface area contributed by atoms with E-state index in [2.05, 4.69) is 16.0 Å². The molecule has 1 fully saturated rings. The molecule has 2 heterocycles. The Morgan fingerprint density at radius 1 is 1.05 bits per heavy atom. The largest absolute Gasteiger partial charge is 0.491 e. The molecular formula is C26H37N5O6. The summed E-state index contributed by atoms with van der Waals surface area (Å²) in [5, 5.41) is 8.27. The van der Waals surface area contributed by atoms with Crippen LogP contribution in [0.25, 0.3) is 0 Å². The Morgan fingerprint density at radius 3 is 2.49 bits per heavy atom. The van der Waals surface area contributed by atoms with Gasteiger partial charge < -0.3 is 30.5 Å². The number of para-hydroxylation sites is 1. The van der Waals surface area contributed by atoms with Crippen LogP contribution in [0.5, 0.6) is 5.75 Å². The van der Waals surface area contributed by atoms with Crippen LogP contribution in [-0.2, 0) is 19.2 Å². The van der Waals surface area contributed by atoms with Crippen LogP contribution in [0.4, 0.5) is 0 Å². The Kier molecular flexibility index (Phi) is 9.87. The number of carbonyl (C=O) groups excluding carboxylic acids is 5. The van der Waals surface area contributed by atoms with Crippen molar-refractivity contribution in [1.82, 2.24) is 25.8 Å². The maximum absolute atomic E-state index is 13.6. The van der Waals surface area contributed by atoms with E-state index >= 15 is 0 Å². The summed E-state index contributed by atoms with van der Waals surface area (Å²) in [5.74, 6) is -1.70. The molecule has 0 saturated carbocycles. The van der Waals surface area contributed by atoms with Gasteiger partial charge in [0.15, 0.2) is 0 Å². The minimum absolute atomic E-state index is 0.0639. The van der Waals surface area contributed by atoms with E-state index in [0.29, 0.717) is 44.8 Å². The number of hydrogen-bond donors (Lipinski definition) is 3. The van der Waals surface area contributed by atoms with Crippen molar-refractivity contribution in [1.29, 1.82) is 0 Å². The predicted octanol–water partition coefficient (Wildman–Crippen LogP) is 0.295. The Morgan fingerprint density at radius 2 is 1.76 bits per heavy atom. The van der Waals surface area contributed by atoms with Crippen molar-refractivity contribution in [2.45, 2.75) is 52.1 Å². The standard InChI is InChI=1S/C26H37N5O6/c1-4-17(2)23-25(35)27-10-15-37-21-9-6-5-8-19(21)24(34)28-20(16-22(33)29-23)26(36)31-12-7-11-30(13-14-31)18(3)32/h5-6,8-9,17,20,23H,4,7,10-16H2,1-3H3,(H,27,35)(H,28,34)(H,29,33)/t17-,20-,23-/m0/s1. The molecule has 5 amide bonds. The zero-order valence-corrected chi connectivity index (χ0v) is 21.7. The first-order valence-corrected chi connectivity index (χ1v) is 12.8.